The van der Waals surface area contributed by atoms with Crippen LogP contribution in [-0.2, 0) is 9.59 Å². The van der Waals surface area contributed by atoms with Crippen molar-refractivity contribution >= 4 is 11.8 Å². The highest BCUT2D eigenvalue weighted by molar-refractivity contribution is 5.92. The van der Waals surface area contributed by atoms with E-state index in [0.29, 0.717) is 5.57 Å². The molecule has 2 N–H and O–H groups in total. The maximum atomic E-state index is 12.0. The van der Waals surface area contributed by atoms with Gasteiger partial charge in [-0.3, -0.25) is 9.59 Å². The fourth-order valence-electron chi connectivity index (χ4n) is 3.05. The van der Waals surface area contributed by atoms with Crippen molar-refractivity contribution in [1.29, 1.82) is 0 Å². The van der Waals surface area contributed by atoms with Crippen LogP contribution in [0.2, 0.25) is 0 Å². The Hall–Kier alpha value is -1.58. The SMILES string of the molecule is C=CC(=O)NC1CC(C)(C)C(C)(NC(=O)C(=C)C)CC1C. The van der Waals surface area contributed by atoms with Crippen LogP contribution in [0.25, 0.3) is 0 Å². The molecule has 1 fully saturated rings. The first-order valence-electron chi connectivity index (χ1n) is 7.43. The fourth-order valence-corrected chi connectivity index (χ4v) is 3.05. The molecule has 0 aromatic heterocycles. The Morgan fingerprint density at radius 1 is 1.24 bits per heavy atom. The Labute approximate surface area is 128 Å². The van der Waals surface area contributed by atoms with Gasteiger partial charge in [-0.05, 0) is 44.1 Å². The molecular weight excluding hydrogens is 264 g/mol. The molecule has 0 heterocycles. The molecule has 2 amide bonds. The number of amides is 2. The summed E-state index contributed by atoms with van der Waals surface area (Å²) in [6, 6.07) is 0.0975. The van der Waals surface area contributed by atoms with E-state index in [1.165, 1.54) is 6.08 Å². The molecule has 1 aliphatic carbocycles. The maximum Gasteiger partial charge on any atom is 0.246 e. The first-order chi connectivity index (χ1) is 9.52. The van der Waals surface area contributed by atoms with Crippen molar-refractivity contribution in [3.05, 3.63) is 24.8 Å². The van der Waals surface area contributed by atoms with E-state index < -0.39 is 0 Å². The van der Waals surface area contributed by atoms with E-state index in [4.69, 9.17) is 0 Å². The minimum absolute atomic E-state index is 0.0975. The molecule has 1 aliphatic rings. The Kier molecular flexibility index (Phi) is 5.03. The summed E-state index contributed by atoms with van der Waals surface area (Å²) in [5.41, 5.74) is 0.0588. The van der Waals surface area contributed by atoms with Gasteiger partial charge in [-0.2, -0.15) is 0 Å². The van der Waals surface area contributed by atoms with Crippen molar-refractivity contribution in [3.8, 4) is 0 Å². The van der Waals surface area contributed by atoms with Gasteiger partial charge in [-0.15, -0.1) is 0 Å². The van der Waals surface area contributed by atoms with Crippen LogP contribution >= 0.6 is 0 Å². The molecule has 21 heavy (non-hydrogen) atoms. The number of rotatable bonds is 4. The average Bonchev–Trinajstić information content (AvgIpc) is 2.35. The van der Waals surface area contributed by atoms with Crippen molar-refractivity contribution in [2.24, 2.45) is 11.3 Å². The Morgan fingerprint density at radius 3 is 2.29 bits per heavy atom. The van der Waals surface area contributed by atoms with Gasteiger partial charge in [0.2, 0.25) is 11.8 Å². The quantitative estimate of drug-likeness (QED) is 0.782. The summed E-state index contributed by atoms with van der Waals surface area (Å²) in [4.78, 5) is 23.6. The van der Waals surface area contributed by atoms with Crippen molar-refractivity contribution in [2.75, 3.05) is 0 Å². The van der Waals surface area contributed by atoms with E-state index in [9.17, 15) is 9.59 Å². The van der Waals surface area contributed by atoms with Crippen LogP contribution in [0.4, 0.5) is 0 Å². The second-order valence-corrected chi connectivity index (χ2v) is 7.16. The molecular formula is C17H28N2O2. The second kappa shape index (κ2) is 6.04. The minimum atomic E-state index is -0.322. The lowest BCUT2D eigenvalue weighted by molar-refractivity contribution is -0.124. The second-order valence-electron chi connectivity index (χ2n) is 7.16. The molecule has 4 heteroatoms. The van der Waals surface area contributed by atoms with Gasteiger partial charge in [0, 0.05) is 17.2 Å². The summed E-state index contributed by atoms with van der Waals surface area (Å²) in [5.74, 6) is 0.0286. The van der Waals surface area contributed by atoms with Crippen LogP contribution in [0.5, 0.6) is 0 Å². The molecule has 0 spiro atoms. The molecule has 3 atom stereocenters. The Bertz CT molecular complexity index is 467. The topological polar surface area (TPSA) is 58.2 Å². The molecule has 118 valence electrons. The third-order valence-electron chi connectivity index (χ3n) is 4.93. The lowest BCUT2D eigenvalue weighted by Crippen LogP contribution is -2.63. The number of hydrogen-bond acceptors (Lipinski definition) is 2. The summed E-state index contributed by atoms with van der Waals surface area (Å²) in [6.07, 6.45) is 2.91. The lowest BCUT2D eigenvalue weighted by atomic mass is 9.59. The first-order valence-corrected chi connectivity index (χ1v) is 7.43. The van der Waals surface area contributed by atoms with Gasteiger partial charge in [0.1, 0.15) is 0 Å². The minimum Gasteiger partial charge on any atom is -0.350 e. The zero-order valence-corrected chi connectivity index (χ0v) is 13.9. The van der Waals surface area contributed by atoms with Crippen LogP contribution in [0.1, 0.15) is 47.5 Å². The van der Waals surface area contributed by atoms with Crippen LogP contribution < -0.4 is 10.6 Å². The lowest BCUT2D eigenvalue weighted by Gasteiger charge is -2.53. The Balaban J connectivity index is 2.92. The molecule has 0 aliphatic heterocycles. The van der Waals surface area contributed by atoms with Gasteiger partial charge in [0.15, 0.2) is 0 Å². The van der Waals surface area contributed by atoms with Crippen molar-refractivity contribution in [2.45, 2.75) is 59.0 Å². The molecule has 0 saturated heterocycles. The molecule has 0 bridgehead atoms. The van der Waals surface area contributed by atoms with E-state index in [0.717, 1.165) is 12.8 Å². The zero-order valence-electron chi connectivity index (χ0n) is 13.9. The summed E-state index contributed by atoms with van der Waals surface area (Å²) < 4.78 is 0. The van der Waals surface area contributed by atoms with E-state index in [-0.39, 0.29) is 34.7 Å². The largest absolute Gasteiger partial charge is 0.350 e. The molecule has 1 rings (SSSR count). The average molecular weight is 292 g/mol. The van der Waals surface area contributed by atoms with Crippen LogP contribution in [0.15, 0.2) is 24.8 Å². The zero-order chi connectivity index (χ0) is 16.4. The number of carbonyl (C=O) groups is 2. The maximum absolute atomic E-state index is 12.0. The molecule has 0 aromatic carbocycles. The molecule has 4 nitrogen and oxygen atoms in total. The first kappa shape index (κ1) is 17.5. The Morgan fingerprint density at radius 2 is 1.81 bits per heavy atom. The van der Waals surface area contributed by atoms with Crippen molar-refractivity contribution in [3.63, 3.8) is 0 Å². The van der Waals surface area contributed by atoms with Crippen LogP contribution in [-0.4, -0.2) is 23.4 Å². The normalized spacial score (nSPS) is 31.1. The third kappa shape index (κ3) is 3.74. The fraction of sp³-hybridized carbons (Fsp3) is 0.647. The highest BCUT2D eigenvalue weighted by Gasteiger charge is 2.49. The predicted molar refractivity (Wildman–Crippen MR) is 85.7 cm³/mol. The standard InChI is InChI=1S/C17H28N2O2/c1-8-14(20)18-13-10-16(5,6)17(7,9-12(13)4)19-15(21)11(2)3/h8,12-13H,1-2,9-10H2,3-7H3,(H,18,20)(H,19,21). The van der Waals surface area contributed by atoms with Crippen molar-refractivity contribution < 1.29 is 9.59 Å². The van der Waals surface area contributed by atoms with Gasteiger partial charge in [0.05, 0.1) is 0 Å². The highest BCUT2D eigenvalue weighted by atomic mass is 16.2. The number of nitrogens with one attached hydrogen (secondary N) is 2. The van der Waals surface area contributed by atoms with Gasteiger partial charge < -0.3 is 10.6 Å². The molecule has 0 aromatic rings. The van der Waals surface area contributed by atoms with E-state index in [1.54, 1.807) is 6.92 Å². The third-order valence-corrected chi connectivity index (χ3v) is 4.93. The number of carbonyl (C=O) groups excluding carboxylic acids is 2. The smallest absolute Gasteiger partial charge is 0.246 e. The van der Waals surface area contributed by atoms with Gasteiger partial charge in [-0.25, -0.2) is 0 Å². The van der Waals surface area contributed by atoms with Crippen LogP contribution in [0, 0.1) is 11.3 Å². The van der Waals surface area contributed by atoms with E-state index in [1.807, 2.05) is 0 Å². The summed E-state index contributed by atoms with van der Waals surface area (Å²) in [5, 5.41) is 6.13. The van der Waals surface area contributed by atoms with Crippen molar-refractivity contribution in [1.82, 2.24) is 10.6 Å². The van der Waals surface area contributed by atoms with E-state index >= 15 is 0 Å². The summed E-state index contributed by atoms with van der Waals surface area (Å²) in [7, 11) is 0. The number of hydrogen-bond donors (Lipinski definition) is 2. The highest BCUT2D eigenvalue weighted by Crippen LogP contribution is 2.46. The monoisotopic (exact) mass is 292 g/mol. The molecule has 3 unspecified atom stereocenters. The molecule has 0 radical (unpaired) electrons. The molecule has 1 saturated carbocycles. The van der Waals surface area contributed by atoms with Crippen LogP contribution in [0.3, 0.4) is 0 Å². The summed E-state index contributed by atoms with van der Waals surface area (Å²) in [6.45, 7) is 17.4. The summed E-state index contributed by atoms with van der Waals surface area (Å²) >= 11 is 0. The van der Waals surface area contributed by atoms with Gasteiger partial charge >= 0.3 is 0 Å². The van der Waals surface area contributed by atoms with Gasteiger partial charge in [0.25, 0.3) is 0 Å². The van der Waals surface area contributed by atoms with Gasteiger partial charge in [-0.1, -0.05) is 33.9 Å². The van der Waals surface area contributed by atoms with E-state index in [2.05, 4.69) is 51.5 Å². The predicted octanol–water partition coefficient (Wildman–Crippen LogP) is 2.56.